The second-order valence-corrected chi connectivity index (χ2v) is 3.84. The Morgan fingerprint density at radius 1 is 1.50 bits per heavy atom. The van der Waals surface area contributed by atoms with Crippen LogP contribution in [0.15, 0.2) is 16.9 Å². The van der Waals surface area contributed by atoms with Gasteiger partial charge in [0, 0.05) is 19.5 Å². The lowest BCUT2D eigenvalue weighted by Crippen LogP contribution is -2.12. The normalized spacial score (nSPS) is 13.9. The minimum atomic E-state index is 0.640. The first-order valence-corrected chi connectivity index (χ1v) is 5.57. The van der Waals surface area contributed by atoms with Gasteiger partial charge in [-0.3, -0.25) is 5.01 Å². The van der Waals surface area contributed by atoms with Gasteiger partial charge in [0.15, 0.2) is 0 Å². The van der Waals surface area contributed by atoms with Crippen molar-refractivity contribution in [1.29, 1.82) is 0 Å². The molecule has 0 heterocycles. The van der Waals surface area contributed by atoms with Crippen LogP contribution < -0.4 is 0 Å². The molecule has 0 N–H and O–H groups in total. The summed E-state index contributed by atoms with van der Waals surface area (Å²) in [5.41, 5.74) is 1.39. The molecule has 0 aliphatic rings. The van der Waals surface area contributed by atoms with E-state index in [-0.39, 0.29) is 0 Å². The molecule has 2 nitrogen and oxygen atoms in total. The summed E-state index contributed by atoms with van der Waals surface area (Å²) in [6.07, 6.45) is 5.67. The summed E-state index contributed by atoms with van der Waals surface area (Å²) in [5, 5.41) is 5.94. The van der Waals surface area contributed by atoms with Crippen molar-refractivity contribution < 1.29 is 0 Å². The fraction of sp³-hybridized carbons (Fsp3) is 0.750. The van der Waals surface area contributed by atoms with Gasteiger partial charge in [0.1, 0.15) is 0 Å². The molecule has 0 radical (unpaired) electrons. The van der Waals surface area contributed by atoms with E-state index in [4.69, 9.17) is 0 Å². The standard InChI is InChI=1S/C12H24N2/c1-6-8-9-14(13-5)10-12(4)11(3)7-2/h10-11H,5-9H2,1-4H3/b12-10-. The summed E-state index contributed by atoms with van der Waals surface area (Å²) in [6.45, 7) is 13.4. The van der Waals surface area contributed by atoms with Gasteiger partial charge < -0.3 is 0 Å². The molecule has 0 bridgehead atoms. The molecule has 0 spiro atoms. The smallest absolute Gasteiger partial charge is 0.0408 e. The quantitative estimate of drug-likeness (QED) is 0.448. The molecule has 0 saturated carbocycles. The monoisotopic (exact) mass is 196 g/mol. The third-order valence-electron chi connectivity index (χ3n) is 2.66. The zero-order chi connectivity index (χ0) is 11.0. The van der Waals surface area contributed by atoms with Crippen molar-refractivity contribution in [2.75, 3.05) is 6.54 Å². The van der Waals surface area contributed by atoms with Gasteiger partial charge in [-0.25, -0.2) is 0 Å². The number of hydrogen-bond donors (Lipinski definition) is 0. The number of allylic oxidation sites excluding steroid dienone is 1. The van der Waals surface area contributed by atoms with E-state index in [2.05, 4.69) is 45.7 Å². The van der Waals surface area contributed by atoms with Gasteiger partial charge >= 0.3 is 0 Å². The van der Waals surface area contributed by atoms with Gasteiger partial charge in [0.25, 0.3) is 0 Å². The third kappa shape index (κ3) is 5.05. The van der Waals surface area contributed by atoms with E-state index in [0.717, 1.165) is 6.54 Å². The van der Waals surface area contributed by atoms with Gasteiger partial charge in [-0.1, -0.05) is 32.8 Å². The predicted octanol–water partition coefficient (Wildman–Crippen LogP) is 3.65. The van der Waals surface area contributed by atoms with Crippen LogP contribution in [0.1, 0.15) is 47.0 Å². The number of rotatable bonds is 7. The van der Waals surface area contributed by atoms with Crippen LogP contribution >= 0.6 is 0 Å². The Morgan fingerprint density at radius 2 is 2.14 bits per heavy atom. The molecule has 0 saturated heterocycles. The number of hydrogen-bond acceptors (Lipinski definition) is 2. The summed E-state index contributed by atoms with van der Waals surface area (Å²) < 4.78 is 0. The minimum Gasteiger partial charge on any atom is -0.273 e. The Hall–Kier alpha value is -0.790. The maximum absolute atomic E-state index is 3.99. The van der Waals surface area contributed by atoms with Crippen LogP contribution in [-0.4, -0.2) is 18.3 Å². The highest BCUT2D eigenvalue weighted by Gasteiger charge is 2.02. The van der Waals surface area contributed by atoms with Crippen molar-refractivity contribution >= 4 is 6.72 Å². The van der Waals surface area contributed by atoms with Crippen molar-refractivity contribution in [3.8, 4) is 0 Å². The molecule has 82 valence electrons. The summed E-state index contributed by atoms with van der Waals surface area (Å²) >= 11 is 0. The van der Waals surface area contributed by atoms with Gasteiger partial charge in [0.05, 0.1) is 0 Å². The van der Waals surface area contributed by atoms with E-state index >= 15 is 0 Å². The average molecular weight is 196 g/mol. The lowest BCUT2D eigenvalue weighted by molar-refractivity contribution is 0.384. The van der Waals surface area contributed by atoms with Crippen LogP contribution in [0, 0.1) is 5.92 Å². The van der Waals surface area contributed by atoms with E-state index in [9.17, 15) is 0 Å². The first-order chi connectivity index (χ1) is 6.65. The number of unbranched alkanes of at least 4 members (excludes halogenated alkanes) is 1. The van der Waals surface area contributed by atoms with Crippen LogP contribution in [0.4, 0.5) is 0 Å². The van der Waals surface area contributed by atoms with Crippen molar-refractivity contribution in [1.82, 2.24) is 5.01 Å². The average Bonchev–Trinajstić information content (AvgIpc) is 2.22. The molecule has 0 aromatic heterocycles. The number of hydrazone groups is 1. The largest absolute Gasteiger partial charge is 0.273 e. The molecule has 2 heteroatoms. The van der Waals surface area contributed by atoms with Crippen molar-refractivity contribution in [3.63, 3.8) is 0 Å². The van der Waals surface area contributed by atoms with Crippen LogP contribution in [0.5, 0.6) is 0 Å². The Labute approximate surface area is 88.7 Å². The highest BCUT2D eigenvalue weighted by atomic mass is 15.4. The zero-order valence-electron chi connectivity index (χ0n) is 10.1. The molecule has 0 aliphatic heterocycles. The molecule has 0 fully saturated rings. The Bertz CT molecular complexity index is 185. The third-order valence-corrected chi connectivity index (χ3v) is 2.66. The van der Waals surface area contributed by atoms with E-state index < -0.39 is 0 Å². The summed E-state index contributed by atoms with van der Waals surface area (Å²) in [7, 11) is 0. The minimum absolute atomic E-state index is 0.640. The van der Waals surface area contributed by atoms with Crippen LogP contribution in [0.25, 0.3) is 0 Å². The van der Waals surface area contributed by atoms with E-state index in [1.807, 2.05) is 5.01 Å². The van der Waals surface area contributed by atoms with Gasteiger partial charge in [0.2, 0.25) is 0 Å². The van der Waals surface area contributed by atoms with Gasteiger partial charge in [-0.2, -0.15) is 5.10 Å². The molecule has 0 amide bonds. The maximum Gasteiger partial charge on any atom is 0.0408 e. The van der Waals surface area contributed by atoms with E-state index in [1.165, 1.54) is 24.8 Å². The van der Waals surface area contributed by atoms with Crippen LogP contribution in [0.2, 0.25) is 0 Å². The van der Waals surface area contributed by atoms with Gasteiger partial charge in [-0.05, 0) is 25.7 Å². The van der Waals surface area contributed by atoms with E-state index in [1.54, 1.807) is 0 Å². The lowest BCUT2D eigenvalue weighted by Gasteiger charge is -2.17. The Morgan fingerprint density at radius 3 is 2.57 bits per heavy atom. The van der Waals surface area contributed by atoms with Crippen molar-refractivity contribution in [3.05, 3.63) is 11.8 Å². The predicted molar refractivity (Wildman–Crippen MR) is 64.4 cm³/mol. The SMILES string of the molecule is C=NN(/C=C(/C)C(C)CC)CCCC. The van der Waals surface area contributed by atoms with Crippen LogP contribution in [0.3, 0.4) is 0 Å². The summed E-state index contributed by atoms with van der Waals surface area (Å²) in [6, 6.07) is 0. The molecule has 1 atom stereocenters. The molecule has 0 rings (SSSR count). The zero-order valence-corrected chi connectivity index (χ0v) is 10.1. The fourth-order valence-corrected chi connectivity index (χ4v) is 1.18. The summed E-state index contributed by atoms with van der Waals surface area (Å²) in [4.78, 5) is 0. The maximum atomic E-state index is 3.99. The van der Waals surface area contributed by atoms with E-state index in [0.29, 0.717) is 5.92 Å². The molecule has 0 aliphatic carbocycles. The van der Waals surface area contributed by atoms with Crippen molar-refractivity contribution in [2.24, 2.45) is 11.0 Å². The molecular weight excluding hydrogens is 172 g/mol. The Balaban J connectivity index is 4.18. The lowest BCUT2D eigenvalue weighted by atomic mass is 10.0. The van der Waals surface area contributed by atoms with Crippen molar-refractivity contribution in [2.45, 2.75) is 47.0 Å². The van der Waals surface area contributed by atoms with Crippen LogP contribution in [-0.2, 0) is 0 Å². The summed E-state index contributed by atoms with van der Waals surface area (Å²) in [5.74, 6) is 0.640. The molecule has 14 heavy (non-hydrogen) atoms. The van der Waals surface area contributed by atoms with Gasteiger partial charge in [-0.15, -0.1) is 0 Å². The molecule has 0 aromatic carbocycles. The topological polar surface area (TPSA) is 15.6 Å². The number of nitrogens with zero attached hydrogens (tertiary/aromatic N) is 2. The second-order valence-electron chi connectivity index (χ2n) is 3.84. The highest BCUT2D eigenvalue weighted by Crippen LogP contribution is 2.14. The first-order valence-electron chi connectivity index (χ1n) is 5.57. The fourth-order valence-electron chi connectivity index (χ4n) is 1.18. The molecular formula is C12H24N2. The highest BCUT2D eigenvalue weighted by molar-refractivity contribution is 5.23. The first kappa shape index (κ1) is 13.2. The molecule has 0 aromatic rings. The Kier molecular flexibility index (Phi) is 7.17. The molecule has 1 unspecified atom stereocenters. The second kappa shape index (κ2) is 7.60.